The molecule has 6 aromatic heterocycles. The van der Waals surface area contributed by atoms with Gasteiger partial charge in [-0.05, 0) is 183 Å². The maximum Gasteiger partial charge on any atom is 0.498 e. The number of para-hydroxylation sites is 2. The van der Waals surface area contributed by atoms with Gasteiger partial charge in [0.25, 0.3) is 0 Å². The Labute approximate surface area is 576 Å². The lowest BCUT2D eigenvalue weighted by Gasteiger charge is -2.43. The van der Waals surface area contributed by atoms with Crippen LogP contribution < -0.4 is 26.7 Å². The Bertz CT molecular complexity index is 4490. The average molecular weight is 1380 g/mol. The summed E-state index contributed by atoms with van der Waals surface area (Å²) in [5.41, 5.74) is 12.0. The molecule has 9 heterocycles. The van der Waals surface area contributed by atoms with E-state index in [2.05, 4.69) is 133 Å². The first-order chi connectivity index (χ1) is 46.8. The number of pyridine rings is 2. The quantitative estimate of drug-likeness (QED) is 0.104. The molecule has 504 valence electrons. The third kappa shape index (κ3) is 13.8. The molecular formula is C74H85BBrFN14O6. The lowest BCUT2D eigenvalue weighted by molar-refractivity contribution is 0.00578. The molecule has 10 aromatic rings. The van der Waals surface area contributed by atoms with E-state index in [4.69, 9.17) is 30.1 Å². The van der Waals surface area contributed by atoms with E-state index in [1.54, 1.807) is 28.0 Å². The van der Waals surface area contributed by atoms with Crippen molar-refractivity contribution in [1.29, 1.82) is 0 Å². The zero-order valence-corrected chi connectivity index (χ0v) is 59.1. The Kier molecular flexibility index (Phi) is 18.7. The van der Waals surface area contributed by atoms with Gasteiger partial charge in [-0.15, -0.1) is 0 Å². The summed E-state index contributed by atoms with van der Waals surface area (Å²) in [5.74, 6) is 3.19. The molecule has 0 bridgehead atoms. The standard InChI is InChI=1S/C33H33N7O2.C29H28BrN5O2.C10H17BN2O2.CH3F.CH4/c1-32(2,3)42-31(41)38-33(16-8-17-33)23-14-12-21(13-15-23)28-27(22-19-35-39(4)20-22)37-30-24-9-5-6-10-25(24)36-29-26(40(28)30)11-7-18-34-29;1-28(2,3)37-27(36)34-29(15-7-16-29)19-13-11-18(12-14-19)23-24(30)33-26-20-8-4-5-9-21(20)32-25-22(35(23)26)10-6-17-31-25;1-9(2)10(3,4)15-11(14-9)8-6-12-13(5)7-8;1-2;/h5-7,9-15,18-20H,8,16-17H2,1-4H3,(H,34,36)(H,38,41);4-6,8-14,17H,7,15-16H2,1-3H3,(H,31,32)(H,34,36);6-7H,1-5H3;1H3;1H4/i;;;;1D. The lowest BCUT2D eigenvalue weighted by atomic mass is 9.71. The summed E-state index contributed by atoms with van der Waals surface area (Å²) in [6, 6.07) is 41.1. The minimum atomic E-state index is -0.556. The van der Waals surface area contributed by atoms with Crippen molar-refractivity contribution < 1.29 is 34.1 Å². The smallest absolute Gasteiger partial charge is 0.444 e. The van der Waals surface area contributed by atoms with Gasteiger partial charge in [0.05, 0.1) is 69.8 Å². The van der Waals surface area contributed by atoms with Crippen LogP contribution in [0.1, 0.15) is 128 Å². The summed E-state index contributed by atoms with van der Waals surface area (Å²) in [7, 11) is 5.24. The predicted molar refractivity (Wildman–Crippen MR) is 383 cm³/mol. The van der Waals surface area contributed by atoms with Gasteiger partial charge in [-0.2, -0.15) is 10.2 Å². The number of alkyl halides is 1. The molecule has 97 heavy (non-hydrogen) atoms. The van der Waals surface area contributed by atoms with Crippen LogP contribution in [0.2, 0.25) is 0 Å². The fourth-order valence-corrected chi connectivity index (χ4v) is 13.1. The number of amides is 2. The van der Waals surface area contributed by atoms with Crippen molar-refractivity contribution in [3.8, 4) is 67.9 Å². The number of carbonyl (C=O) groups excluding carboxylic acids is 2. The third-order valence-corrected chi connectivity index (χ3v) is 18.7. The van der Waals surface area contributed by atoms with Crippen LogP contribution in [0, 0.1) is 0 Å². The zero-order valence-electron chi connectivity index (χ0n) is 58.5. The molecule has 0 unspecified atom stereocenters. The van der Waals surface area contributed by atoms with Crippen molar-refractivity contribution in [3.05, 3.63) is 174 Å². The lowest BCUT2D eigenvalue weighted by Crippen LogP contribution is -2.52. The van der Waals surface area contributed by atoms with E-state index < -0.39 is 22.3 Å². The first-order valence-corrected chi connectivity index (χ1v) is 33.1. The number of benzene rings is 4. The number of anilines is 4. The largest absolute Gasteiger partial charge is 0.498 e. The summed E-state index contributed by atoms with van der Waals surface area (Å²) in [4.78, 5) is 44.8. The van der Waals surface area contributed by atoms with Crippen molar-refractivity contribution >= 4 is 63.7 Å². The van der Waals surface area contributed by atoms with Gasteiger partial charge >= 0.3 is 19.3 Å². The number of aryl methyl sites for hydroxylation is 2. The van der Waals surface area contributed by atoms with Crippen LogP contribution in [0.15, 0.2) is 163 Å². The van der Waals surface area contributed by atoms with Crippen molar-refractivity contribution in [2.24, 2.45) is 14.1 Å². The van der Waals surface area contributed by atoms with Gasteiger partial charge in [-0.25, -0.2) is 29.5 Å². The second kappa shape index (κ2) is 26.9. The number of aromatic nitrogens is 10. The molecule has 2 saturated carbocycles. The fraction of sp³-hybridized carbons (Fsp3) is 0.351. The van der Waals surface area contributed by atoms with Crippen LogP contribution >= 0.6 is 15.9 Å². The van der Waals surface area contributed by atoms with Crippen molar-refractivity contribution in [2.45, 2.75) is 149 Å². The maximum absolute atomic E-state index is 12.7. The SMILES string of the molecule is CC(C)(C)OC(=O)NC1(c2ccc(-c3c(Br)nc4n3-c3cccnc3Nc3ccccc3-4)cc2)CCC1.CF.Cn1cc(-c2nc3n(c2-c2ccc(C4(NC(=O)OC(C)(C)C)CCC4)cc2)-c2cccnc2Nc2ccccc2-3)cn1.Cn1cc(B2OC(C)(C)C(C)(C)O2)cn1.[2H]C. The Morgan fingerprint density at radius 3 is 1.45 bits per heavy atom. The highest BCUT2D eigenvalue weighted by Crippen LogP contribution is 2.49. The Hall–Kier alpha value is -9.45. The molecule has 2 amide bonds. The highest BCUT2D eigenvalue weighted by Gasteiger charge is 2.52. The highest BCUT2D eigenvalue weighted by atomic mass is 79.9. The number of fused-ring (bicyclic) bond motifs is 10. The van der Waals surface area contributed by atoms with E-state index in [1.807, 2.05) is 157 Å². The number of carbonyl (C=O) groups is 2. The molecule has 23 heteroatoms. The van der Waals surface area contributed by atoms with Gasteiger partial charge in [-0.3, -0.25) is 22.9 Å². The third-order valence-electron chi connectivity index (χ3n) is 18.2. The van der Waals surface area contributed by atoms with Gasteiger partial charge < -0.3 is 40.0 Å². The van der Waals surface area contributed by atoms with E-state index >= 15 is 0 Å². The van der Waals surface area contributed by atoms with Crippen LogP contribution in [0.25, 0.3) is 67.9 Å². The molecule has 3 aliphatic heterocycles. The van der Waals surface area contributed by atoms with Gasteiger partial charge in [0, 0.05) is 79.7 Å². The van der Waals surface area contributed by atoms with Gasteiger partial charge in [0.15, 0.2) is 11.6 Å². The number of ether oxygens (including phenoxy) is 2. The first-order valence-electron chi connectivity index (χ1n) is 33.3. The monoisotopic (exact) mass is 1380 g/mol. The van der Waals surface area contributed by atoms with Crippen LogP contribution in [-0.2, 0) is 44.0 Å². The van der Waals surface area contributed by atoms with Gasteiger partial charge in [-0.1, -0.05) is 80.2 Å². The normalized spacial score (nSPS) is 16.0. The number of nitrogens with one attached hydrogen (secondary N) is 4. The van der Waals surface area contributed by atoms with Crippen molar-refractivity contribution in [2.75, 3.05) is 17.8 Å². The van der Waals surface area contributed by atoms with Crippen LogP contribution in [0.4, 0.5) is 37.0 Å². The summed E-state index contributed by atoms with van der Waals surface area (Å²) >= 11 is 3.74. The van der Waals surface area contributed by atoms with Gasteiger partial charge in [0.1, 0.15) is 33.1 Å². The molecule has 1 saturated heterocycles. The number of nitrogens with zero attached hydrogens (tertiary/aromatic N) is 10. The number of rotatable bonds is 8. The molecule has 5 aliphatic rings. The average Bonchev–Trinajstić information content (AvgIpc) is 1.71. The van der Waals surface area contributed by atoms with Gasteiger partial charge in [0.2, 0.25) is 0 Å². The van der Waals surface area contributed by atoms with Crippen molar-refractivity contribution in [1.82, 2.24) is 59.3 Å². The molecule has 0 atom stereocenters. The number of imidazole rings is 2. The van der Waals surface area contributed by atoms with E-state index in [1.165, 1.54) is 7.40 Å². The minimum absolute atomic E-state index is 0.284. The van der Waals surface area contributed by atoms with Crippen LogP contribution in [-0.4, -0.2) is 97.5 Å². The number of hydrogen-bond donors (Lipinski definition) is 4. The number of hydrogen-bond acceptors (Lipinski definition) is 14. The second-order valence-electron chi connectivity index (χ2n) is 27.7. The Morgan fingerprint density at radius 1 is 0.598 bits per heavy atom. The summed E-state index contributed by atoms with van der Waals surface area (Å²) in [6.07, 6.45) is 16.0. The molecule has 15 rings (SSSR count). The van der Waals surface area contributed by atoms with E-state index in [-0.39, 0.29) is 30.5 Å². The predicted octanol–water partition coefficient (Wildman–Crippen LogP) is 16.2. The molecule has 0 radical (unpaired) electrons. The van der Waals surface area contributed by atoms with E-state index in [0.717, 1.165) is 151 Å². The van der Waals surface area contributed by atoms with Crippen molar-refractivity contribution in [3.63, 3.8) is 0 Å². The molecule has 4 N–H and O–H groups in total. The minimum Gasteiger partial charge on any atom is -0.444 e. The summed E-state index contributed by atoms with van der Waals surface area (Å²) < 4.78 is 46.8. The number of alkyl carbamates (subject to hydrolysis) is 2. The molecule has 0 spiro atoms. The fourth-order valence-electron chi connectivity index (χ4n) is 12.5. The summed E-state index contributed by atoms with van der Waals surface area (Å²) in [5, 5.41) is 21.9. The zero-order chi connectivity index (χ0) is 70.1. The maximum atomic E-state index is 12.7. The second-order valence-corrected chi connectivity index (χ2v) is 28.4. The highest BCUT2D eigenvalue weighted by molar-refractivity contribution is 9.10. The van der Waals surface area contributed by atoms with Crippen LogP contribution in [0.3, 0.4) is 0 Å². The van der Waals surface area contributed by atoms with Crippen LogP contribution in [0.5, 0.6) is 0 Å². The Morgan fingerprint density at radius 2 is 1.03 bits per heavy atom. The molecule has 4 aromatic carbocycles. The number of halogens is 2. The molecule has 20 nitrogen and oxygen atoms in total. The summed E-state index contributed by atoms with van der Waals surface area (Å²) in [6.45, 7) is 19.5. The molecule has 2 aliphatic carbocycles. The van der Waals surface area contributed by atoms with E-state index in [9.17, 15) is 14.0 Å². The first kappa shape index (κ1) is 67.5. The van der Waals surface area contributed by atoms with E-state index in [0.29, 0.717) is 7.18 Å². The topological polar surface area (TPSA) is 216 Å². The Balaban J connectivity index is 0.000000158. The molecular weight excluding hydrogens is 1290 g/mol. The molecule has 3 fully saturated rings.